The minimum atomic E-state index is 0.388. The number of hydrogen-bond acceptors (Lipinski definition) is 0. The molecule has 0 spiro atoms. The predicted octanol–water partition coefficient (Wildman–Crippen LogP) is 7.40. The zero-order valence-corrected chi connectivity index (χ0v) is 15.0. The van der Waals surface area contributed by atoms with Crippen molar-refractivity contribution in [2.75, 3.05) is 0 Å². The molecule has 0 bridgehead atoms. The van der Waals surface area contributed by atoms with Crippen LogP contribution in [0.1, 0.15) is 76.8 Å². The lowest BCUT2D eigenvalue weighted by atomic mass is 9.72. The van der Waals surface area contributed by atoms with Gasteiger partial charge in [-0.15, -0.1) is 0 Å². The molecule has 20 heavy (non-hydrogen) atoms. The van der Waals surface area contributed by atoms with Gasteiger partial charge in [0.15, 0.2) is 0 Å². The molecule has 1 saturated carbocycles. The largest absolute Gasteiger partial charge is 0.0827 e. The molecule has 0 N–H and O–H groups in total. The Morgan fingerprint density at radius 3 is 2.15 bits per heavy atom. The molecule has 0 radical (unpaired) electrons. The lowest BCUT2D eigenvalue weighted by Gasteiger charge is -2.33. The van der Waals surface area contributed by atoms with Crippen LogP contribution in [0.5, 0.6) is 0 Å². The van der Waals surface area contributed by atoms with E-state index in [1.54, 1.807) is 0 Å². The molecule has 2 heteroatoms. The van der Waals surface area contributed by atoms with Gasteiger partial charge in [-0.1, -0.05) is 76.2 Å². The second kappa shape index (κ2) is 7.71. The average Bonchev–Trinajstić information content (AvgIpc) is 2.84. The first kappa shape index (κ1) is 17.9. The van der Waals surface area contributed by atoms with Gasteiger partial charge in [0.05, 0.1) is 10.0 Å². The molecule has 0 saturated heterocycles. The lowest BCUT2D eigenvalue weighted by molar-refractivity contribution is 0.275. The van der Waals surface area contributed by atoms with Crippen molar-refractivity contribution < 1.29 is 0 Å². The van der Waals surface area contributed by atoms with Crippen molar-refractivity contribution in [1.29, 1.82) is 0 Å². The number of rotatable bonds is 2. The number of aryl methyl sites for hydroxylation is 1. The summed E-state index contributed by atoms with van der Waals surface area (Å²) in [5, 5.41) is 1.44. The van der Waals surface area contributed by atoms with Crippen molar-refractivity contribution in [1.82, 2.24) is 0 Å². The summed E-state index contributed by atoms with van der Waals surface area (Å²) in [5.74, 6) is 0.483. The fourth-order valence-electron chi connectivity index (χ4n) is 3.16. The summed E-state index contributed by atoms with van der Waals surface area (Å²) in [7, 11) is 0. The van der Waals surface area contributed by atoms with Crippen LogP contribution in [0, 0.1) is 12.3 Å². The lowest BCUT2D eigenvalue weighted by Crippen LogP contribution is -2.21. The monoisotopic (exact) mass is 314 g/mol. The van der Waals surface area contributed by atoms with Gasteiger partial charge in [-0.2, -0.15) is 0 Å². The van der Waals surface area contributed by atoms with Gasteiger partial charge in [0.25, 0.3) is 0 Å². The molecule has 0 aliphatic heterocycles. The second-order valence-corrected chi connectivity index (χ2v) is 7.17. The number of halogens is 2. The SMILES string of the molecule is CCC.Cc1ccc(Cl)c(Cl)c1C(C)C1(C)CCCC1. The van der Waals surface area contributed by atoms with Gasteiger partial charge in [0.2, 0.25) is 0 Å². The van der Waals surface area contributed by atoms with Gasteiger partial charge < -0.3 is 0 Å². The maximum atomic E-state index is 6.40. The molecule has 1 aromatic carbocycles. The molecule has 0 aromatic heterocycles. The molecule has 0 heterocycles. The van der Waals surface area contributed by atoms with Crippen molar-refractivity contribution in [2.45, 2.75) is 72.6 Å². The van der Waals surface area contributed by atoms with E-state index in [4.69, 9.17) is 23.2 Å². The van der Waals surface area contributed by atoms with Crippen LogP contribution in [-0.4, -0.2) is 0 Å². The van der Waals surface area contributed by atoms with Crippen molar-refractivity contribution in [3.8, 4) is 0 Å². The maximum Gasteiger partial charge on any atom is 0.0629 e. The Bertz CT molecular complexity index is 431. The summed E-state index contributed by atoms with van der Waals surface area (Å²) in [6.07, 6.45) is 6.54. The van der Waals surface area contributed by atoms with Crippen LogP contribution in [0.4, 0.5) is 0 Å². The zero-order valence-electron chi connectivity index (χ0n) is 13.5. The first-order valence-electron chi connectivity index (χ1n) is 7.81. The van der Waals surface area contributed by atoms with Gasteiger partial charge in [-0.05, 0) is 48.3 Å². The fourth-order valence-corrected chi connectivity index (χ4v) is 3.70. The van der Waals surface area contributed by atoms with Crippen LogP contribution in [0.25, 0.3) is 0 Å². The summed E-state index contributed by atoms with van der Waals surface area (Å²) in [5.41, 5.74) is 2.91. The third-order valence-corrected chi connectivity index (χ3v) is 5.39. The smallest absolute Gasteiger partial charge is 0.0629 e. The van der Waals surface area contributed by atoms with Crippen LogP contribution >= 0.6 is 23.2 Å². The van der Waals surface area contributed by atoms with Gasteiger partial charge in [0, 0.05) is 0 Å². The van der Waals surface area contributed by atoms with Crippen LogP contribution < -0.4 is 0 Å². The molecule has 1 unspecified atom stereocenters. The first-order chi connectivity index (χ1) is 9.37. The van der Waals surface area contributed by atoms with Crippen molar-refractivity contribution in [3.63, 3.8) is 0 Å². The average molecular weight is 315 g/mol. The van der Waals surface area contributed by atoms with Crippen molar-refractivity contribution in [3.05, 3.63) is 33.3 Å². The summed E-state index contributed by atoms with van der Waals surface area (Å²) in [4.78, 5) is 0. The topological polar surface area (TPSA) is 0 Å². The Labute approximate surface area is 134 Å². The summed E-state index contributed by atoms with van der Waals surface area (Å²) in [6.45, 7) is 11.1. The Balaban J connectivity index is 0.000000612. The molecule has 1 fully saturated rings. The Hall–Kier alpha value is -0.200. The highest BCUT2D eigenvalue weighted by Crippen LogP contribution is 2.50. The summed E-state index contributed by atoms with van der Waals surface area (Å²) < 4.78 is 0. The van der Waals surface area contributed by atoms with E-state index in [9.17, 15) is 0 Å². The molecular weight excluding hydrogens is 287 g/mol. The third kappa shape index (κ3) is 3.92. The van der Waals surface area contributed by atoms with Crippen LogP contribution in [0.3, 0.4) is 0 Å². The van der Waals surface area contributed by atoms with Crippen molar-refractivity contribution in [2.24, 2.45) is 5.41 Å². The molecule has 1 aromatic rings. The summed E-state index contributed by atoms with van der Waals surface area (Å²) >= 11 is 12.6. The molecule has 0 amide bonds. The minimum absolute atomic E-state index is 0.388. The van der Waals surface area contributed by atoms with Crippen LogP contribution in [0.15, 0.2) is 12.1 Å². The van der Waals surface area contributed by atoms with Crippen LogP contribution in [0.2, 0.25) is 10.0 Å². The zero-order chi connectivity index (χ0) is 15.3. The molecule has 2 rings (SSSR count). The van der Waals surface area contributed by atoms with Gasteiger partial charge in [-0.25, -0.2) is 0 Å². The minimum Gasteiger partial charge on any atom is -0.0827 e. The van der Waals surface area contributed by atoms with E-state index in [1.807, 2.05) is 6.07 Å². The molecule has 0 nitrogen and oxygen atoms in total. The Kier molecular flexibility index (Phi) is 6.88. The van der Waals surface area contributed by atoms with Crippen LogP contribution in [-0.2, 0) is 0 Å². The molecule has 1 atom stereocenters. The first-order valence-corrected chi connectivity index (χ1v) is 8.57. The molecular formula is C18H28Cl2. The Morgan fingerprint density at radius 2 is 1.65 bits per heavy atom. The standard InChI is InChI=1S/C15H20Cl2.C3H8/c1-10-6-7-12(16)14(17)13(10)11(2)15(3)8-4-5-9-15;1-3-2/h6-7,11H,4-5,8-9H2,1-3H3;3H2,1-2H3. The van der Waals surface area contributed by atoms with Gasteiger partial charge in [0.1, 0.15) is 0 Å². The quantitative estimate of drug-likeness (QED) is 0.533. The normalized spacial score (nSPS) is 18.4. The van der Waals surface area contributed by atoms with E-state index >= 15 is 0 Å². The van der Waals surface area contributed by atoms with Gasteiger partial charge in [-0.3, -0.25) is 0 Å². The fraction of sp³-hybridized carbons (Fsp3) is 0.667. The van der Waals surface area contributed by atoms with Crippen molar-refractivity contribution >= 4 is 23.2 Å². The van der Waals surface area contributed by atoms with E-state index < -0.39 is 0 Å². The van der Waals surface area contributed by atoms with Gasteiger partial charge >= 0.3 is 0 Å². The molecule has 114 valence electrons. The Morgan fingerprint density at radius 1 is 1.15 bits per heavy atom. The molecule has 1 aliphatic carbocycles. The van der Waals surface area contributed by atoms with E-state index in [0.717, 1.165) is 5.02 Å². The maximum absolute atomic E-state index is 6.40. The number of benzene rings is 1. The molecule has 1 aliphatic rings. The van der Waals surface area contributed by atoms with E-state index in [2.05, 4.69) is 40.7 Å². The highest BCUT2D eigenvalue weighted by molar-refractivity contribution is 6.42. The third-order valence-electron chi connectivity index (χ3n) is 4.57. The van der Waals surface area contributed by atoms with E-state index in [-0.39, 0.29) is 0 Å². The van der Waals surface area contributed by atoms with E-state index in [1.165, 1.54) is 43.2 Å². The highest BCUT2D eigenvalue weighted by Gasteiger charge is 2.36. The summed E-state index contributed by atoms with van der Waals surface area (Å²) in [6, 6.07) is 3.98. The van der Waals surface area contributed by atoms with E-state index in [0.29, 0.717) is 16.4 Å². The highest BCUT2D eigenvalue weighted by atomic mass is 35.5. The second-order valence-electron chi connectivity index (χ2n) is 6.38. The number of hydrogen-bond donors (Lipinski definition) is 0. The predicted molar refractivity (Wildman–Crippen MR) is 92.2 cm³/mol.